The van der Waals surface area contributed by atoms with Crippen LogP contribution in [0, 0.1) is 0 Å². The number of ether oxygens (including phenoxy) is 2. The predicted molar refractivity (Wildman–Crippen MR) is 115 cm³/mol. The molecule has 28 heavy (non-hydrogen) atoms. The zero-order chi connectivity index (χ0) is 19.9. The molecule has 1 atom stereocenters. The largest absolute Gasteiger partial charge is 0.496 e. The van der Waals surface area contributed by atoms with Crippen molar-refractivity contribution in [1.29, 1.82) is 0 Å². The number of methoxy groups -OCH3 is 1. The second-order valence-electron chi connectivity index (χ2n) is 8.01. The zero-order valence-electron chi connectivity index (χ0n) is 17.7. The van der Waals surface area contributed by atoms with Crippen LogP contribution in [0.2, 0.25) is 0 Å². The second-order valence-corrected chi connectivity index (χ2v) is 8.01. The van der Waals surface area contributed by atoms with Crippen molar-refractivity contribution in [3.8, 4) is 11.5 Å². The third kappa shape index (κ3) is 5.49. The summed E-state index contributed by atoms with van der Waals surface area (Å²) in [7, 11) is 3.92. The van der Waals surface area contributed by atoms with E-state index in [1.807, 2.05) is 12.1 Å². The maximum absolute atomic E-state index is 6.47. The van der Waals surface area contributed by atoms with Gasteiger partial charge in [0.25, 0.3) is 0 Å². The zero-order valence-corrected chi connectivity index (χ0v) is 17.7. The number of hydrogen-bond donors (Lipinski definition) is 0. The molecule has 0 saturated carbocycles. The molecule has 1 aliphatic rings. The van der Waals surface area contributed by atoms with Crippen molar-refractivity contribution >= 4 is 0 Å². The molecule has 0 radical (unpaired) electrons. The highest BCUT2D eigenvalue weighted by atomic mass is 16.5. The van der Waals surface area contributed by atoms with Crippen molar-refractivity contribution in [2.75, 3.05) is 46.9 Å². The maximum Gasteiger partial charge on any atom is 0.128 e. The van der Waals surface area contributed by atoms with Crippen LogP contribution in [0.25, 0.3) is 0 Å². The van der Waals surface area contributed by atoms with Crippen LogP contribution in [0.15, 0.2) is 48.5 Å². The van der Waals surface area contributed by atoms with E-state index in [-0.39, 0.29) is 6.10 Å². The van der Waals surface area contributed by atoms with Gasteiger partial charge < -0.3 is 19.3 Å². The maximum atomic E-state index is 6.47. The Morgan fingerprint density at radius 3 is 2.25 bits per heavy atom. The number of hydrogen-bond acceptors (Lipinski definition) is 4. The van der Waals surface area contributed by atoms with E-state index in [1.54, 1.807) is 7.11 Å². The quantitative estimate of drug-likeness (QED) is 0.667. The van der Waals surface area contributed by atoms with Crippen molar-refractivity contribution in [2.24, 2.45) is 0 Å². The Labute approximate surface area is 170 Å². The molecule has 1 heterocycles. The first-order valence-corrected chi connectivity index (χ1v) is 10.4. The molecule has 3 rings (SSSR count). The van der Waals surface area contributed by atoms with Gasteiger partial charge in [-0.2, -0.15) is 0 Å². The van der Waals surface area contributed by atoms with Gasteiger partial charge in [-0.3, -0.25) is 0 Å². The average Bonchev–Trinajstić information content (AvgIpc) is 2.72. The van der Waals surface area contributed by atoms with Crippen molar-refractivity contribution < 1.29 is 9.47 Å². The van der Waals surface area contributed by atoms with Crippen LogP contribution >= 0.6 is 0 Å². The molecule has 4 nitrogen and oxygen atoms in total. The fraction of sp³-hybridized carbons (Fsp3) is 0.500. The summed E-state index contributed by atoms with van der Waals surface area (Å²) in [6.07, 6.45) is 0.913. The highest BCUT2D eigenvalue weighted by molar-refractivity contribution is 5.37. The number of rotatable bonds is 8. The van der Waals surface area contributed by atoms with Crippen molar-refractivity contribution in [1.82, 2.24) is 9.80 Å². The van der Waals surface area contributed by atoms with E-state index in [9.17, 15) is 0 Å². The highest BCUT2D eigenvalue weighted by Crippen LogP contribution is 2.32. The third-order valence-corrected chi connectivity index (χ3v) is 5.61. The number of nitrogens with zero attached hydrogens (tertiary/aromatic N) is 2. The normalized spacial score (nSPS) is 16.9. The molecule has 2 aromatic rings. The van der Waals surface area contributed by atoms with Crippen molar-refractivity contribution in [3.05, 3.63) is 59.7 Å². The number of benzene rings is 2. The molecule has 0 amide bonds. The van der Waals surface area contributed by atoms with E-state index in [0.717, 1.165) is 56.2 Å². The Balaban J connectivity index is 1.74. The minimum Gasteiger partial charge on any atom is -0.496 e. The first-order valence-electron chi connectivity index (χ1n) is 10.4. The minimum atomic E-state index is -0.0271. The summed E-state index contributed by atoms with van der Waals surface area (Å²) in [4.78, 5) is 4.93. The van der Waals surface area contributed by atoms with Crippen molar-refractivity contribution in [2.45, 2.75) is 32.3 Å². The number of piperazine rings is 1. The van der Waals surface area contributed by atoms with Gasteiger partial charge in [0.15, 0.2) is 0 Å². The van der Waals surface area contributed by atoms with Gasteiger partial charge in [0.2, 0.25) is 0 Å². The van der Waals surface area contributed by atoms with Gasteiger partial charge in [0.05, 0.1) is 7.11 Å². The Morgan fingerprint density at radius 1 is 0.929 bits per heavy atom. The molecule has 1 aliphatic heterocycles. The van der Waals surface area contributed by atoms with E-state index in [0.29, 0.717) is 5.92 Å². The lowest BCUT2D eigenvalue weighted by Crippen LogP contribution is -2.45. The molecule has 0 N–H and O–H groups in total. The SMILES string of the molecule is COc1ccccc1C(CCN1CCN(C)CC1)Oc1ccc(C(C)C)cc1. The van der Waals surface area contributed by atoms with Crippen molar-refractivity contribution in [3.63, 3.8) is 0 Å². The van der Waals surface area contributed by atoms with Gasteiger partial charge in [-0.1, -0.05) is 44.2 Å². The van der Waals surface area contributed by atoms with Crippen LogP contribution < -0.4 is 9.47 Å². The fourth-order valence-electron chi connectivity index (χ4n) is 3.68. The van der Waals surface area contributed by atoms with Gasteiger partial charge in [-0.25, -0.2) is 0 Å². The molecule has 0 aliphatic carbocycles. The second kappa shape index (κ2) is 9.94. The molecule has 1 saturated heterocycles. The van der Waals surface area contributed by atoms with Gasteiger partial charge in [0.1, 0.15) is 17.6 Å². The number of likely N-dealkylation sites (N-methyl/N-ethyl adjacent to an activating group) is 1. The molecule has 152 valence electrons. The van der Waals surface area contributed by atoms with E-state index in [4.69, 9.17) is 9.47 Å². The van der Waals surface area contributed by atoms with Crippen LogP contribution in [0.5, 0.6) is 11.5 Å². The molecule has 0 bridgehead atoms. The van der Waals surface area contributed by atoms with E-state index >= 15 is 0 Å². The number of para-hydroxylation sites is 1. The van der Waals surface area contributed by atoms with Crippen LogP contribution in [0.1, 0.15) is 43.4 Å². The molecular formula is C24H34N2O2. The summed E-state index contributed by atoms with van der Waals surface area (Å²) in [5, 5.41) is 0. The molecule has 0 spiro atoms. The minimum absolute atomic E-state index is 0.0271. The summed E-state index contributed by atoms with van der Waals surface area (Å²) >= 11 is 0. The summed E-state index contributed by atoms with van der Waals surface area (Å²) in [5.74, 6) is 2.33. The molecule has 1 unspecified atom stereocenters. The molecule has 0 aromatic heterocycles. The molecular weight excluding hydrogens is 348 g/mol. The fourth-order valence-corrected chi connectivity index (χ4v) is 3.68. The Hall–Kier alpha value is -2.04. The first-order chi connectivity index (χ1) is 13.6. The lowest BCUT2D eigenvalue weighted by molar-refractivity contribution is 0.122. The van der Waals surface area contributed by atoms with E-state index < -0.39 is 0 Å². The summed E-state index contributed by atoms with van der Waals surface area (Å²) < 4.78 is 12.1. The van der Waals surface area contributed by atoms with Gasteiger partial charge in [-0.15, -0.1) is 0 Å². The van der Waals surface area contributed by atoms with Crippen LogP contribution in [-0.4, -0.2) is 56.7 Å². The monoisotopic (exact) mass is 382 g/mol. The molecule has 2 aromatic carbocycles. The summed E-state index contributed by atoms with van der Waals surface area (Å²) in [6.45, 7) is 9.97. The predicted octanol–water partition coefficient (Wildman–Crippen LogP) is 4.58. The van der Waals surface area contributed by atoms with Gasteiger partial charge in [-0.05, 0) is 36.7 Å². The lowest BCUT2D eigenvalue weighted by Gasteiger charge is -2.33. The topological polar surface area (TPSA) is 24.9 Å². The third-order valence-electron chi connectivity index (χ3n) is 5.61. The first kappa shape index (κ1) is 20.7. The Kier molecular flexibility index (Phi) is 7.35. The van der Waals surface area contributed by atoms with Crippen LogP contribution in [0.4, 0.5) is 0 Å². The van der Waals surface area contributed by atoms with Crippen LogP contribution in [0.3, 0.4) is 0 Å². The van der Waals surface area contributed by atoms with E-state index in [2.05, 4.69) is 67.1 Å². The molecule has 4 heteroatoms. The highest BCUT2D eigenvalue weighted by Gasteiger charge is 2.21. The lowest BCUT2D eigenvalue weighted by atomic mass is 10.0. The Bertz CT molecular complexity index is 722. The standard InChI is InChI=1S/C24H34N2O2/c1-19(2)20-9-11-21(12-10-20)28-24(22-7-5-6-8-23(22)27-4)13-14-26-17-15-25(3)16-18-26/h5-12,19,24H,13-18H2,1-4H3. The van der Waals surface area contributed by atoms with Gasteiger partial charge in [0, 0.05) is 44.7 Å². The summed E-state index contributed by atoms with van der Waals surface area (Å²) in [6, 6.07) is 16.7. The van der Waals surface area contributed by atoms with Crippen LogP contribution in [-0.2, 0) is 0 Å². The Morgan fingerprint density at radius 2 is 1.61 bits per heavy atom. The molecule has 1 fully saturated rings. The smallest absolute Gasteiger partial charge is 0.128 e. The summed E-state index contributed by atoms with van der Waals surface area (Å²) in [5.41, 5.74) is 2.45. The van der Waals surface area contributed by atoms with E-state index in [1.165, 1.54) is 5.56 Å². The van der Waals surface area contributed by atoms with Gasteiger partial charge >= 0.3 is 0 Å². The average molecular weight is 383 g/mol.